The summed E-state index contributed by atoms with van der Waals surface area (Å²) in [5.74, 6) is 0.0719. The highest BCUT2D eigenvalue weighted by Gasteiger charge is 2.21. The van der Waals surface area contributed by atoms with Gasteiger partial charge in [-0.25, -0.2) is 0 Å². The SMILES string of the molecule is COCCNCC(=O)NC1CCCN(Cc2ccccc2)C1. The van der Waals surface area contributed by atoms with Crippen molar-refractivity contribution in [3.8, 4) is 0 Å². The van der Waals surface area contributed by atoms with Gasteiger partial charge < -0.3 is 15.4 Å². The van der Waals surface area contributed by atoms with Gasteiger partial charge in [0, 0.05) is 32.8 Å². The molecule has 0 aliphatic carbocycles. The average molecular weight is 305 g/mol. The molecule has 1 aliphatic heterocycles. The second-order valence-corrected chi connectivity index (χ2v) is 5.80. The summed E-state index contributed by atoms with van der Waals surface area (Å²) in [5.41, 5.74) is 1.33. The molecule has 0 aromatic heterocycles. The molecule has 1 aromatic rings. The second-order valence-electron chi connectivity index (χ2n) is 5.80. The van der Waals surface area contributed by atoms with Crippen molar-refractivity contribution in [1.29, 1.82) is 0 Å². The molecule has 1 saturated heterocycles. The highest BCUT2D eigenvalue weighted by molar-refractivity contribution is 5.78. The highest BCUT2D eigenvalue weighted by atomic mass is 16.5. The van der Waals surface area contributed by atoms with Crippen LogP contribution in [0.1, 0.15) is 18.4 Å². The van der Waals surface area contributed by atoms with Crippen molar-refractivity contribution in [2.75, 3.05) is 39.9 Å². The van der Waals surface area contributed by atoms with Crippen molar-refractivity contribution >= 4 is 5.91 Å². The first-order chi connectivity index (χ1) is 10.8. The molecule has 5 nitrogen and oxygen atoms in total. The molecule has 0 saturated carbocycles. The Morgan fingerprint density at radius 2 is 2.18 bits per heavy atom. The number of ether oxygens (including phenoxy) is 1. The smallest absolute Gasteiger partial charge is 0.234 e. The molecule has 1 aromatic carbocycles. The fourth-order valence-corrected chi connectivity index (χ4v) is 2.81. The average Bonchev–Trinajstić information content (AvgIpc) is 2.53. The van der Waals surface area contributed by atoms with Gasteiger partial charge in [0.1, 0.15) is 0 Å². The summed E-state index contributed by atoms with van der Waals surface area (Å²) in [6, 6.07) is 10.8. The molecule has 2 rings (SSSR count). The molecule has 1 heterocycles. The van der Waals surface area contributed by atoms with E-state index in [1.54, 1.807) is 7.11 Å². The molecule has 122 valence electrons. The number of carbonyl (C=O) groups excluding carboxylic acids is 1. The number of hydrogen-bond acceptors (Lipinski definition) is 4. The predicted molar refractivity (Wildman–Crippen MR) is 87.6 cm³/mol. The summed E-state index contributed by atoms with van der Waals surface area (Å²) in [6.07, 6.45) is 2.20. The van der Waals surface area contributed by atoms with Crippen LogP contribution in [0.15, 0.2) is 30.3 Å². The largest absolute Gasteiger partial charge is 0.383 e. The number of likely N-dealkylation sites (tertiary alicyclic amines) is 1. The van der Waals surface area contributed by atoms with Gasteiger partial charge in [-0.15, -0.1) is 0 Å². The van der Waals surface area contributed by atoms with Crippen LogP contribution in [0, 0.1) is 0 Å². The maximum absolute atomic E-state index is 11.9. The molecule has 1 amide bonds. The summed E-state index contributed by atoms with van der Waals surface area (Å²) in [4.78, 5) is 14.3. The zero-order chi connectivity index (χ0) is 15.6. The predicted octanol–water partition coefficient (Wildman–Crippen LogP) is 1.00. The van der Waals surface area contributed by atoms with E-state index in [4.69, 9.17) is 4.74 Å². The van der Waals surface area contributed by atoms with Gasteiger partial charge in [-0.2, -0.15) is 0 Å². The van der Waals surface area contributed by atoms with Crippen LogP contribution in [0.25, 0.3) is 0 Å². The summed E-state index contributed by atoms with van der Waals surface area (Å²) in [5, 5.41) is 6.20. The van der Waals surface area contributed by atoms with Crippen LogP contribution in [-0.4, -0.2) is 56.7 Å². The van der Waals surface area contributed by atoms with E-state index >= 15 is 0 Å². The molecule has 2 N–H and O–H groups in total. The van der Waals surface area contributed by atoms with Crippen LogP contribution in [0.4, 0.5) is 0 Å². The fraction of sp³-hybridized carbons (Fsp3) is 0.588. The molecular weight excluding hydrogens is 278 g/mol. The summed E-state index contributed by atoms with van der Waals surface area (Å²) in [7, 11) is 1.66. The Balaban J connectivity index is 1.70. The Morgan fingerprint density at radius 1 is 1.36 bits per heavy atom. The molecule has 0 radical (unpaired) electrons. The molecule has 1 unspecified atom stereocenters. The van der Waals surface area contributed by atoms with Crippen LogP contribution in [0.2, 0.25) is 0 Å². The van der Waals surface area contributed by atoms with E-state index in [0.717, 1.165) is 32.5 Å². The minimum absolute atomic E-state index is 0.0719. The molecule has 22 heavy (non-hydrogen) atoms. The van der Waals surface area contributed by atoms with Crippen molar-refractivity contribution in [3.63, 3.8) is 0 Å². The van der Waals surface area contributed by atoms with E-state index in [0.29, 0.717) is 19.7 Å². The van der Waals surface area contributed by atoms with Gasteiger partial charge in [0.05, 0.1) is 13.2 Å². The Hall–Kier alpha value is -1.43. The van der Waals surface area contributed by atoms with Crippen LogP contribution in [-0.2, 0) is 16.1 Å². The minimum Gasteiger partial charge on any atom is -0.383 e. The van der Waals surface area contributed by atoms with Gasteiger partial charge in [-0.1, -0.05) is 30.3 Å². The van der Waals surface area contributed by atoms with Gasteiger partial charge in [0.15, 0.2) is 0 Å². The van der Waals surface area contributed by atoms with E-state index in [1.807, 2.05) is 6.07 Å². The topological polar surface area (TPSA) is 53.6 Å². The molecular formula is C17H27N3O2. The maximum atomic E-state index is 11.9. The number of rotatable bonds is 8. The molecule has 0 bridgehead atoms. The number of nitrogens with one attached hydrogen (secondary N) is 2. The lowest BCUT2D eigenvalue weighted by Gasteiger charge is -2.33. The Kier molecular flexibility index (Phi) is 7.36. The number of amides is 1. The van der Waals surface area contributed by atoms with Crippen molar-refractivity contribution in [2.45, 2.75) is 25.4 Å². The molecule has 1 aliphatic rings. The van der Waals surface area contributed by atoms with E-state index in [2.05, 4.69) is 39.8 Å². The number of carbonyl (C=O) groups is 1. The lowest BCUT2D eigenvalue weighted by atomic mass is 10.0. The third kappa shape index (κ3) is 6.13. The number of benzene rings is 1. The molecule has 5 heteroatoms. The maximum Gasteiger partial charge on any atom is 0.234 e. The van der Waals surface area contributed by atoms with Gasteiger partial charge in [0.2, 0.25) is 5.91 Å². The van der Waals surface area contributed by atoms with Crippen LogP contribution < -0.4 is 10.6 Å². The number of methoxy groups -OCH3 is 1. The van der Waals surface area contributed by atoms with Gasteiger partial charge in [-0.3, -0.25) is 9.69 Å². The van der Waals surface area contributed by atoms with Crippen LogP contribution in [0.5, 0.6) is 0 Å². The third-order valence-corrected chi connectivity index (χ3v) is 3.89. The lowest BCUT2D eigenvalue weighted by molar-refractivity contribution is -0.121. The molecule has 0 spiro atoms. The number of piperidine rings is 1. The zero-order valence-electron chi connectivity index (χ0n) is 13.4. The van der Waals surface area contributed by atoms with E-state index in [-0.39, 0.29) is 11.9 Å². The first-order valence-corrected chi connectivity index (χ1v) is 8.03. The Morgan fingerprint density at radius 3 is 2.95 bits per heavy atom. The summed E-state index contributed by atoms with van der Waals surface area (Å²) < 4.78 is 4.94. The lowest BCUT2D eigenvalue weighted by Crippen LogP contribution is -2.49. The Bertz CT molecular complexity index is 439. The van der Waals surface area contributed by atoms with Crippen molar-refractivity contribution in [2.24, 2.45) is 0 Å². The summed E-state index contributed by atoms with van der Waals surface area (Å²) >= 11 is 0. The van der Waals surface area contributed by atoms with E-state index < -0.39 is 0 Å². The zero-order valence-corrected chi connectivity index (χ0v) is 13.4. The van der Waals surface area contributed by atoms with Gasteiger partial charge in [0.25, 0.3) is 0 Å². The van der Waals surface area contributed by atoms with E-state index in [1.165, 1.54) is 5.56 Å². The fourth-order valence-electron chi connectivity index (χ4n) is 2.81. The van der Waals surface area contributed by atoms with E-state index in [9.17, 15) is 4.79 Å². The molecule has 1 fully saturated rings. The standard InChI is InChI=1S/C17H27N3O2/c1-22-11-9-18-12-17(21)19-16-8-5-10-20(14-16)13-15-6-3-2-4-7-15/h2-4,6-7,16,18H,5,8-14H2,1H3,(H,19,21). The minimum atomic E-state index is 0.0719. The quantitative estimate of drug-likeness (QED) is 0.704. The van der Waals surface area contributed by atoms with Gasteiger partial charge >= 0.3 is 0 Å². The van der Waals surface area contributed by atoms with Crippen molar-refractivity contribution in [3.05, 3.63) is 35.9 Å². The highest BCUT2D eigenvalue weighted by Crippen LogP contribution is 2.13. The van der Waals surface area contributed by atoms with Gasteiger partial charge in [-0.05, 0) is 24.9 Å². The third-order valence-electron chi connectivity index (χ3n) is 3.89. The second kappa shape index (κ2) is 9.56. The summed E-state index contributed by atoms with van der Waals surface area (Å²) in [6.45, 7) is 4.68. The first kappa shape index (κ1) is 16.9. The van der Waals surface area contributed by atoms with Crippen molar-refractivity contribution in [1.82, 2.24) is 15.5 Å². The van der Waals surface area contributed by atoms with Crippen molar-refractivity contribution < 1.29 is 9.53 Å². The number of nitrogens with zero attached hydrogens (tertiary/aromatic N) is 1. The van der Waals surface area contributed by atoms with Crippen LogP contribution in [0.3, 0.4) is 0 Å². The monoisotopic (exact) mass is 305 g/mol. The first-order valence-electron chi connectivity index (χ1n) is 8.03. The normalized spacial score (nSPS) is 19.0. The molecule has 1 atom stereocenters. The number of hydrogen-bond donors (Lipinski definition) is 2. The van der Waals surface area contributed by atoms with Crippen LogP contribution >= 0.6 is 0 Å². The Labute approximate surface area is 133 Å².